The Morgan fingerprint density at radius 1 is 1.00 bits per heavy atom. The molecule has 1 fully saturated rings. The molecule has 0 aliphatic heterocycles. The van der Waals surface area contributed by atoms with Crippen molar-refractivity contribution in [1.82, 2.24) is 5.32 Å². The number of benzene rings is 2. The van der Waals surface area contributed by atoms with Crippen LogP contribution in [0.3, 0.4) is 0 Å². The molecular formula is C21H26N2O4S. The molecule has 1 aliphatic carbocycles. The van der Waals surface area contributed by atoms with Crippen molar-refractivity contribution in [3.8, 4) is 5.75 Å². The molecule has 2 aromatic rings. The highest BCUT2D eigenvalue weighted by atomic mass is 32.2. The molecule has 0 heterocycles. The summed E-state index contributed by atoms with van der Waals surface area (Å²) in [6.45, 7) is 2.23. The number of ether oxygens (including phenoxy) is 1. The van der Waals surface area contributed by atoms with Crippen molar-refractivity contribution in [2.75, 3.05) is 11.8 Å². The first-order chi connectivity index (χ1) is 13.4. The number of methoxy groups -OCH3 is 1. The van der Waals surface area contributed by atoms with Crippen LogP contribution in [0.2, 0.25) is 0 Å². The molecule has 2 aromatic carbocycles. The zero-order chi connectivity index (χ0) is 20.1. The van der Waals surface area contributed by atoms with Crippen LogP contribution < -0.4 is 14.8 Å². The highest BCUT2D eigenvalue weighted by Gasteiger charge is 2.21. The fourth-order valence-electron chi connectivity index (χ4n) is 3.39. The van der Waals surface area contributed by atoms with Gasteiger partial charge in [0.2, 0.25) is 0 Å². The van der Waals surface area contributed by atoms with Gasteiger partial charge in [-0.05, 0) is 68.0 Å². The Bertz CT molecular complexity index is 918. The summed E-state index contributed by atoms with van der Waals surface area (Å²) in [4.78, 5) is 12.5. The third-order valence-corrected chi connectivity index (χ3v) is 6.51. The summed E-state index contributed by atoms with van der Waals surface area (Å²) in [5, 5.41) is 3.05. The lowest BCUT2D eigenvalue weighted by molar-refractivity contribution is 0.0923. The van der Waals surface area contributed by atoms with Crippen LogP contribution in [0, 0.1) is 5.92 Å². The molecule has 28 heavy (non-hydrogen) atoms. The van der Waals surface area contributed by atoms with Crippen molar-refractivity contribution < 1.29 is 17.9 Å². The minimum atomic E-state index is -3.78. The molecule has 0 unspecified atom stereocenters. The van der Waals surface area contributed by atoms with Gasteiger partial charge in [-0.1, -0.05) is 19.1 Å². The molecule has 0 radical (unpaired) electrons. The number of rotatable bonds is 6. The van der Waals surface area contributed by atoms with Crippen LogP contribution >= 0.6 is 0 Å². The lowest BCUT2D eigenvalue weighted by Crippen LogP contribution is -2.37. The maximum atomic E-state index is 12.6. The smallest absolute Gasteiger partial charge is 0.262 e. The lowest BCUT2D eigenvalue weighted by atomic mass is 9.87. The number of hydrogen-bond donors (Lipinski definition) is 2. The summed E-state index contributed by atoms with van der Waals surface area (Å²) in [6.07, 6.45) is 4.22. The number of carbonyl (C=O) groups is 1. The van der Waals surface area contributed by atoms with Crippen molar-refractivity contribution in [1.29, 1.82) is 0 Å². The van der Waals surface area contributed by atoms with Crippen LogP contribution in [0.1, 0.15) is 43.0 Å². The summed E-state index contributed by atoms with van der Waals surface area (Å²) in [5.41, 5.74) is 0.813. The summed E-state index contributed by atoms with van der Waals surface area (Å²) in [6, 6.07) is 12.9. The zero-order valence-corrected chi connectivity index (χ0v) is 17.0. The summed E-state index contributed by atoms with van der Waals surface area (Å²) in [7, 11) is -2.30. The maximum Gasteiger partial charge on any atom is 0.262 e. The van der Waals surface area contributed by atoms with Crippen LogP contribution in [0.5, 0.6) is 5.75 Å². The average Bonchev–Trinajstić information content (AvgIpc) is 2.70. The maximum absolute atomic E-state index is 12.6. The fraction of sp³-hybridized carbons (Fsp3) is 0.381. The van der Waals surface area contributed by atoms with E-state index in [4.69, 9.17) is 4.74 Å². The first-order valence-electron chi connectivity index (χ1n) is 9.46. The number of carbonyl (C=O) groups excluding carboxylic acids is 1. The lowest BCUT2D eigenvalue weighted by Gasteiger charge is -2.26. The molecule has 0 bridgehead atoms. The molecule has 3 rings (SSSR count). The van der Waals surface area contributed by atoms with E-state index in [1.165, 1.54) is 31.4 Å². The zero-order valence-electron chi connectivity index (χ0n) is 16.1. The van der Waals surface area contributed by atoms with Gasteiger partial charge < -0.3 is 10.1 Å². The molecule has 1 aliphatic rings. The number of anilines is 1. The topological polar surface area (TPSA) is 84.5 Å². The van der Waals surface area contributed by atoms with E-state index in [1.807, 2.05) is 0 Å². The van der Waals surface area contributed by atoms with Crippen molar-refractivity contribution in [2.45, 2.75) is 43.5 Å². The normalized spacial score (nSPS) is 19.6. The number of amides is 1. The van der Waals surface area contributed by atoms with Crippen LogP contribution in [-0.2, 0) is 10.0 Å². The largest absolute Gasteiger partial charge is 0.495 e. The summed E-state index contributed by atoms with van der Waals surface area (Å²) < 4.78 is 33.0. The van der Waals surface area contributed by atoms with Gasteiger partial charge in [-0.25, -0.2) is 8.42 Å². The Hall–Kier alpha value is -2.54. The first-order valence-corrected chi connectivity index (χ1v) is 10.9. The standard InChI is InChI=1S/C21H26N2O4S/c1-15-7-11-17(12-8-15)22-21(24)16-9-13-18(14-10-16)28(25,26)23-19-5-3-4-6-20(19)27-2/h3-6,9-10,13-15,17,23H,7-8,11-12H2,1-2H3,(H,22,24). The summed E-state index contributed by atoms with van der Waals surface area (Å²) in [5.74, 6) is 0.985. The van der Waals surface area contributed by atoms with Gasteiger partial charge in [0, 0.05) is 11.6 Å². The average molecular weight is 403 g/mol. The second-order valence-electron chi connectivity index (χ2n) is 7.26. The van der Waals surface area contributed by atoms with Gasteiger partial charge in [0.1, 0.15) is 5.75 Å². The Kier molecular flexibility index (Phi) is 6.24. The monoisotopic (exact) mass is 402 g/mol. The molecule has 0 saturated heterocycles. The van der Waals surface area contributed by atoms with E-state index in [0.717, 1.165) is 25.7 Å². The Morgan fingerprint density at radius 3 is 2.29 bits per heavy atom. The van der Waals surface area contributed by atoms with E-state index in [1.54, 1.807) is 24.3 Å². The first kappa shape index (κ1) is 20.2. The predicted octanol–water partition coefficient (Wildman–Crippen LogP) is 3.80. The molecule has 6 nitrogen and oxygen atoms in total. The molecule has 0 spiro atoms. The third kappa shape index (κ3) is 4.84. The van der Waals surface area contributed by atoms with Crippen LogP contribution in [0.4, 0.5) is 5.69 Å². The van der Waals surface area contributed by atoms with Gasteiger partial charge in [0.05, 0.1) is 17.7 Å². The molecular weight excluding hydrogens is 376 g/mol. The van der Waals surface area contributed by atoms with E-state index in [9.17, 15) is 13.2 Å². The number of hydrogen-bond acceptors (Lipinski definition) is 4. The van der Waals surface area contributed by atoms with Crippen LogP contribution in [-0.4, -0.2) is 27.5 Å². The number of para-hydroxylation sites is 2. The number of nitrogens with one attached hydrogen (secondary N) is 2. The van der Waals surface area contributed by atoms with Crippen LogP contribution in [0.25, 0.3) is 0 Å². The highest BCUT2D eigenvalue weighted by molar-refractivity contribution is 7.92. The Morgan fingerprint density at radius 2 is 1.64 bits per heavy atom. The van der Waals surface area contributed by atoms with Crippen molar-refractivity contribution >= 4 is 21.6 Å². The fourth-order valence-corrected chi connectivity index (χ4v) is 4.46. The van der Waals surface area contributed by atoms with E-state index in [0.29, 0.717) is 22.9 Å². The summed E-state index contributed by atoms with van der Waals surface area (Å²) >= 11 is 0. The van der Waals surface area contributed by atoms with E-state index in [2.05, 4.69) is 17.0 Å². The van der Waals surface area contributed by atoms with E-state index >= 15 is 0 Å². The molecule has 2 N–H and O–H groups in total. The SMILES string of the molecule is COc1ccccc1NS(=O)(=O)c1ccc(C(=O)NC2CCC(C)CC2)cc1. The van der Waals surface area contributed by atoms with Gasteiger partial charge >= 0.3 is 0 Å². The van der Waals surface area contributed by atoms with Crippen LogP contribution in [0.15, 0.2) is 53.4 Å². The molecule has 0 aromatic heterocycles. The molecule has 7 heteroatoms. The minimum absolute atomic E-state index is 0.0847. The Balaban J connectivity index is 1.68. The van der Waals surface area contributed by atoms with Gasteiger partial charge in [0.15, 0.2) is 0 Å². The number of sulfonamides is 1. The van der Waals surface area contributed by atoms with Gasteiger partial charge in [-0.2, -0.15) is 0 Å². The van der Waals surface area contributed by atoms with Crippen molar-refractivity contribution in [2.24, 2.45) is 5.92 Å². The molecule has 0 atom stereocenters. The molecule has 150 valence electrons. The quantitative estimate of drug-likeness (QED) is 0.770. The Labute approximate surface area is 166 Å². The van der Waals surface area contributed by atoms with Crippen molar-refractivity contribution in [3.05, 3.63) is 54.1 Å². The van der Waals surface area contributed by atoms with E-state index in [-0.39, 0.29) is 16.8 Å². The molecule has 1 saturated carbocycles. The second-order valence-corrected chi connectivity index (χ2v) is 8.94. The second kappa shape index (κ2) is 8.65. The molecule has 1 amide bonds. The van der Waals surface area contributed by atoms with Gasteiger partial charge in [-0.3, -0.25) is 9.52 Å². The van der Waals surface area contributed by atoms with E-state index < -0.39 is 10.0 Å². The van der Waals surface area contributed by atoms with Crippen molar-refractivity contribution in [3.63, 3.8) is 0 Å². The van der Waals surface area contributed by atoms with Gasteiger partial charge in [-0.15, -0.1) is 0 Å². The highest BCUT2D eigenvalue weighted by Crippen LogP contribution is 2.26. The third-order valence-electron chi connectivity index (χ3n) is 5.13. The van der Waals surface area contributed by atoms with Gasteiger partial charge in [0.25, 0.3) is 15.9 Å². The predicted molar refractivity (Wildman–Crippen MR) is 109 cm³/mol. The minimum Gasteiger partial charge on any atom is -0.495 e.